The molecule has 1 amide bonds. The molecule has 5 heteroatoms. The minimum Gasteiger partial charge on any atom is -0.352 e. The standard InChI is InChI=1S/C20H27N3OS/c1-14-8-9-18(16(3)12-14)23-11-10-21-20(23)25-13-19(24)22-17-7-5-4-6-15(17)2/h8-12,15,17H,4-7,13H2,1-3H3,(H,22,24)/t15-,17+/m1/s1. The summed E-state index contributed by atoms with van der Waals surface area (Å²) in [5.74, 6) is 1.10. The van der Waals surface area contributed by atoms with Crippen LogP contribution >= 0.6 is 11.8 Å². The summed E-state index contributed by atoms with van der Waals surface area (Å²) < 4.78 is 2.07. The topological polar surface area (TPSA) is 46.9 Å². The molecule has 25 heavy (non-hydrogen) atoms. The Morgan fingerprint density at radius 2 is 2.12 bits per heavy atom. The average Bonchev–Trinajstić information content (AvgIpc) is 3.03. The van der Waals surface area contributed by atoms with Crippen LogP contribution in [-0.2, 0) is 4.79 Å². The molecule has 0 saturated heterocycles. The largest absolute Gasteiger partial charge is 0.352 e. The number of aryl methyl sites for hydroxylation is 2. The van der Waals surface area contributed by atoms with E-state index in [2.05, 4.69) is 53.8 Å². The lowest BCUT2D eigenvalue weighted by molar-refractivity contribution is -0.119. The molecule has 1 heterocycles. The van der Waals surface area contributed by atoms with Gasteiger partial charge < -0.3 is 5.32 Å². The molecule has 0 unspecified atom stereocenters. The van der Waals surface area contributed by atoms with E-state index < -0.39 is 0 Å². The van der Waals surface area contributed by atoms with Crippen molar-refractivity contribution >= 4 is 17.7 Å². The predicted molar refractivity (Wildman–Crippen MR) is 103 cm³/mol. The molecule has 0 bridgehead atoms. The SMILES string of the molecule is Cc1ccc(-n2ccnc2SCC(=O)N[C@H]2CCCC[C@H]2C)c(C)c1. The Hall–Kier alpha value is -1.75. The molecule has 2 atom stereocenters. The molecular weight excluding hydrogens is 330 g/mol. The van der Waals surface area contributed by atoms with Crippen molar-refractivity contribution in [1.29, 1.82) is 0 Å². The molecular formula is C20H27N3OS. The Morgan fingerprint density at radius 3 is 2.88 bits per heavy atom. The smallest absolute Gasteiger partial charge is 0.230 e. The fraction of sp³-hybridized carbons (Fsp3) is 0.500. The number of carbonyl (C=O) groups is 1. The first-order valence-corrected chi connectivity index (χ1v) is 10.1. The number of benzene rings is 1. The summed E-state index contributed by atoms with van der Waals surface area (Å²) in [7, 11) is 0. The highest BCUT2D eigenvalue weighted by Crippen LogP contribution is 2.25. The van der Waals surface area contributed by atoms with Gasteiger partial charge in [-0.2, -0.15) is 0 Å². The lowest BCUT2D eigenvalue weighted by atomic mass is 9.86. The number of rotatable bonds is 5. The first-order chi connectivity index (χ1) is 12.0. The van der Waals surface area contributed by atoms with Gasteiger partial charge in [0.1, 0.15) is 0 Å². The summed E-state index contributed by atoms with van der Waals surface area (Å²) in [6, 6.07) is 6.72. The van der Waals surface area contributed by atoms with E-state index in [1.54, 1.807) is 6.20 Å². The van der Waals surface area contributed by atoms with Crippen LogP contribution in [0.1, 0.15) is 43.7 Å². The van der Waals surface area contributed by atoms with Crippen LogP contribution in [0.4, 0.5) is 0 Å². The number of hydrogen-bond donors (Lipinski definition) is 1. The highest BCUT2D eigenvalue weighted by molar-refractivity contribution is 7.99. The molecule has 0 aliphatic heterocycles. The number of amides is 1. The van der Waals surface area contributed by atoms with E-state index in [4.69, 9.17) is 0 Å². The zero-order chi connectivity index (χ0) is 17.8. The van der Waals surface area contributed by atoms with Crippen molar-refractivity contribution in [2.75, 3.05) is 5.75 Å². The van der Waals surface area contributed by atoms with Crippen LogP contribution in [0.5, 0.6) is 0 Å². The highest BCUT2D eigenvalue weighted by Gasteiger charge is 2.23. The van der Waals surface area contributed by atoms with Crippen LogP contribution in [0.3, 0.4) is 0 Å². The number of imidazole rings is 1. The van der Waals surface area contributed by atoms with Gasteiger partial charge in [-0.05, 0) is 44.2 Å². The van der Waals surface area contributed by atoms with Gasteiger partial charge >= 0.3 is 0 Å². The Bertz CT molecular complexity index is 740. The lowest BCUT2D eigenvalue weighted by Gasteiger charge is -2.29. The third-order valence-corrected chi connectivity index (χ3v) is 5.98. The summed E-state index contributed by atoms with van der Waals surface area (Å²) >= 11 is 1.50. The van der Waals surface area contributed by atoms with Gasteiger partial charge in [-0.3, -0.25) is 9.36 Å². The van der Waals surface area contributed by atoms with E-state index in [0.717, 1.165) is 17.3 Å². The van der Waals surface area contributed by atoms with Gasteiger partial charge in [0, 0.05) is 18.4 Å². The van der Waals surface area contributed by atoms with Crippen molar-refractivity contribution in [3.05, 3.63) is 41.7 Å². The van der Waals surface area contributed by atoms with Gasteiger partial charge in [0.25, 0.3) is 0 Å². The molecule has 1 saturated carbocycles. The van der Waals surface area contributed by atoms with Gasteiger partial charge in [-0.25, -0.2) is 4.98 Å². The normalized spacial score (nSPS) is 20.4. The molecule has 0 radical (unpaired) electrons. The maximum Gasteiger partial charge on any atom is 0.230 e. The van der Waals surface area contributed by atoms with E-state index in [-0.39, 0.29) is 5.91 Å². The predicted octanol–water partition coefficient (Wildman–Crippen LogP) is 4.28. The second-order valence-corrected chi connectivity index (χ2v) is 8.04. The van der Waals surface area contributed by atoms with E-state index in [9.17, 15) is 4.79 Å². The van der Waals surface area contributed by atoms with Crippen molar-refractivity contribution in [3.63, 3.8) is 0 Å². The van der Waals surface area contributed by atoms with Crippen molar-refractivity contribution in [2.45, 2.75) is 57.7 Å². The molecule has 1 aliphatic carbocycles. The summed E-state index contributed by atoms with van der Waals surface area (Å²) in [5.41, 5.74) is 3.57. The van der Waals surface area contributed by atoms with E-state index in [1.807, 2.05) is 6.20 Å². The number of thioether (sulfide) groups is 1. The molecule has 1 fully saturated rings. The molecule has 134 valence electrons. The fourth-order valence-corrected chi connectivity index (χ4v) is 4.34. The molecule has 1 N–H and O–H groups in total. The van der Waals surface area contributed by atoms with E-state index in [1.165, 1.54) is 42.2 Å². The molecule has 1 aliphatic rings. The molecule has 4 nitrogen and oxygen atoms in total. The summed E-state index contributed by atoms with van der Waals surface area (Å²) in [6.07, 6.45) is 8.59. The Kier molecular flexibility index (Phi) is 5.84. The zero-order valence-corrected chi connectivity index (χ0v) is 16.1. The van der Waals surface area contributed by atoms with Gasteiger partial charge in [-0.1, -0.05) is 49.2 Å². The van der Waals surface area contributed by atoms with Crippen LogP contribution in [0.15, 0.2) is 35.7 Å². The summed E-state index contributed by atoms with van der Waals surface area (Å²) in [6.45, 7) is 6.44. The maximum atomic E-state index is 12.3. The molecule has 3 rings (SSSR count). The molecule has 2 aromatic rings. The fourth-order valence-electron chi connectivity index (χ4n) is 3.56. The molecule has 1 aromatic carbocycles. The summed E-state index contributed by atoms with van der Waals surface area (Å²) in [4.78, 5) is 16.8. The van der Waals surface area contributed by atoms with Gasteiger partial charge in [0.2, 0.25) is 5.91 Å². The minimum absolute atomic E-state index is 0.110. The second kappa shape index (κ2) is 8.09. The Morgan fingerprint density at radius 1 is 1.32 bits per heavy atom. The van der Waals surface area contributed by atoms with Crippen LogP contribution in [-0.4, -0.2) is 27.3 Å². The number of nitrogens with zero attached hydrogens (tertiary/aromatic N) is 2. The molecule has 1 aromatic heterocycles. The zero-order valence-electron chi connectivity index (χ0n) is 15.3. The third kappa shape index (κ3) is 4.46. The molecule has 0 spiro atoms. The van der Waals surface area contributed by atoms with Crippen LogP contribution in [0.25, 0.3) is 5.69 Å². The number of aromatic nitrogens is 2. The number of nitrogens with one attached hydrogen (secondary N) is 1. The minimum atomic E-state index is 0.110. The van der Waals surface area contributed by atoms with Gasteiger partial charge in [0.05, 0.1) is 11.4 Å². The van der Waals surface area contributed by atoms with Crippen molar-refractivity contribution in [3.8, 4) is 5.69 Å². The van der Waals surface area contributed by atoms with Crippen LogP contribution < -0.4 is 5.32 Å². The quantitative estimate of drug-likeness (QED) is 0.813. The highest BCUT2D eigenvalue weighted by atomic mass is 32.2. The number of carbonyl (C=O) groups excluding carboxylic acids is 1. The summed E-state index contributed by atoms with van der Waals surface area (Å²) in [5, 5.41) is 4.07. The third-order valence-electron chi connectivity index (χ3n) is 5.01. The first-order valence-electron chi connectivity index (χ1n) is 9.07. The van der Waals surface area contributed by atoms with Crippen molar-refractivity contribution in [1.82, 2.24) is 14.9 Å². The van der Waals surface area contributed by atoms with Crippen LogP contribution in [0.2, 0.25) is 0 Å². The average molecular weight is 358 g/mol. The Balaban J connectivity index is 1.62. The van der Waals surface area contributed by atoms with Crippen molar-refractivity contribution < 1.29 is 4.79 Å². The van der Waals surface area contributed by atoms with Crippen LogP contribution in [0, 0.1) is 19.8 Å². The second-order valence-electron chi connectivity index (χ2n) is 7.09. The van der Waals surface area contributed by atoms with E-state index >= 15 is 0 Å². The lowest BCUT2D eigenvalue weighted by Crippen LogP contribution is -2.41. The van der Waals surface area contributed by atoms with E-state index in [0.29, 0.717) is 17.7 Å². The number of hydrogen-bond acceptors (Lipinski definition) is 3. The van der Waals surface area contributed by atoms with Gasteiger partial charge in [0.15, 0.2) is 5.16 Å². The Labute approximate surface area is 154 Å². The maximum absolute atomic E-state index is 12.3. The van der Waals surface area contributed by atoms with Crippen molar-refractivity contribution in [2.24, 2.45) is 5.92 Å². The first kappa shape index (κ1) is 18.1. The van der Waals surface area contributed by atoms with Gasteiger partial charge in [-0.15, -0.1) is 0 Å². The monoisotopic (exact) mass is 357 g/mol.